The minimum atomic E-state index is -0.945. The Balaban J connectivity index is 2.30. The minimum Gasteiger partial charge on any atom is -0.481 e. The smallest absolute Gasteiger partial charge is 0.303 e. The number of hydrogen-bond acceptors (Lipinski definition) is 4. The summed E-state index contributed by atoms with van der Waals surface area (Å²) in [5.74, 6) is -1.48. The van der Waals surface area contributed by atoms with E-state index in [1.807, 2.05) is 31.2 Å². The van der Waals surface area contributed by atoms with Gasteiger partial charge in [-0.15, -0.1) is 11.3 Å². The van der Waals surface area contributed by atoms with Crippen molar-refractivity contribution in [1.29, 1.82) is 0 Å². The van der Waals surface area contributed by atoms with E-state index >= 15 is 0 Å². The van der Waals surface area contributed by atoms with Crippen molar-refractivity contribution in [3.63, 3.8) is 0 Å². The third-order valence-corrected chi connectivity index (χ3v) is 5.26. The van der Waals surface area contributed by atoms with E-state index in [1.165, 1.54) is 16.9 Å². The van der Waals surface area contributed by atoms with Gasteiger partial charge in [-0.1, -0.05) is 38.1 Å². The van der Waals surface area contributed by atoms with Crippen molar-refractivity contribution in [2.24, 2.45) is 5.73 Å². The van der Waals surface area contributed by atoms with Crippen molar-refractivity contribution >= 4 is 34.1 Å². The number of carbonyl (C=O) groups is 3. The van der Waals surface area contributed by atoms with Gasteiger partial charge in [0, 0.05) is 23.3 Å². The summed E-state index contributed by atoms with van der Waals surface area (Å²) in [6.07, 6.45) is 0.230. The van der Waals surface area contributed by atoms with E-state index in [0.29, 0.717) is 16.5 Å². The number of rotatable bonds is 8. The summed E-state index contributed by atoms with van der Waals surface area (Å²) in [5, 5.41) is 11.8. The number of thiophene rings is 1. The monoisotopic (exact) mass is 388 g/mol. The van der Waals surface area contributed by atoms with E-state index in [2.05, 4.69) is 19.2 Å². The molecule has 0 aliphatic carbocycles. The molecular weight excluding hydrogens is 364 g/mol. The van der Waals surface area contributed by atoms with E-state index < -0.39 is 11.9 Å². The summed E-state index contributed by atoms with van der Waals surface area (Å²) in [6.45, 7) is 6.10. The number of primary amides is 1. The van der Waals surface area contributed by atoms with Gasteiger partial charge in [0.05, 0.1) is 5.56 Å². The first-order chi connectivity index (χ1) is 12.7. The largest absolute Gasteiger partial charge is 0.481 e. The van der Waals surface area contributed by atoms with Crippen molar-refractivity contribution in [3.8, 4) is 11.1 Å². The maximum atomic E-state index is 12.1. The second-order valence-corrected chi connectivity index (χ2v) is 7.90. The predicted molar refractivity (Wildman–Crippen MR) is 107 cm³/mol. The summed E-state index contributed by atoms with van der Waals surface area (Å²) in [7, 11) is 0. The zero-order valence-corrected chi connectivity index (χ0v) is 16.5. The fourth-order valence-electron chi connectivity index (χ4n) is 2.84. The van der Waals surface area contributed by atoms with E-state index in [1.54, 1.807) is 0 Å². The van der Waals surface area contributed by atoms with Gasteiger partial charge in [0.1, 0.15) is 5.00 Å². The third-order valence-electron chi connectivity index (χ3n) is 4.24. The molecule has 2 amide bonds. The highest BCUT2D eigenvalue weighted by Gasteiger charge is 2.22. The van der Waals surface area contributed by atoms with Gasteiger partial charge in [0.15, 0.2) is 0 Å². The molecule has 0 fully saturated rings. The number of carboxylic acid groups (broad SMARTS) is 1. The number of nitrogens with two attached hydrogens (primary N) is 1. The van der Waals surface area contributed by atoms with Crippen molar-refractivity contribution in [2.75, 3.05) is 5.32 Å². The molecule has 2 rings (SSSR count). The lowest BCUT2D eigenvalue weighted by Gasteiger charge is -2.09. The van der Waals surface area contributed by atoms with Gasteiger partial charge in [-0.25, -0.2) is 0 Å². The third kappa shape index (κ3) is 5.17. The van der Waals surface area contributed by atoms with E-state index in [0.717, 1.165) is 16.0 Å². The quantitative estimate of drug-likeness (QED) is 0.631. The van der Waals surface area contributed by atoms with E-state index in [9.17, 15) is 14.4 Å². The van der Waals surface area contributed by atoms with Gasteiger partial charge < -0.3 is 16.2 Å². The highest BCUT2D eigenvalue weighted by atomic mass is 32.1. The Morgan fingerprint density at radius 3 is 2.30 bits per heavy atom. The topological polar surface area (TPSA) is 109 Å². The first-order valence-corrected chi connectivity index (χ1v) is 9.57. The van der Waals surface area contributed by atoms with Gasteiger partial charge in [0.2, 0.25) is 5.91 Å². The number of carboxylic acids is 1. The van der Waals surface area contributed by atoms with Gasteiger partial charge in [-0.3, -0.25) is 14.4 Å². The Bertz CT molecular complexity index is 854. The number of anilines is 1. The van der Waals surface area contributed by atoms with Crippen LogP contribution >= 0.6 is 11.3 Å². The number of hydrogen-bond donors (Lipinski definition) is 3. The molecule has 0 spiro atoms. The average molecular weight is 388 g/mol. The van der Waals surface area contributed by atoms with E-state index in [4.69, 9.17) is 10.8 Å². The minimum absolute atomic E-state index is 0.0693. The molecule has 1 heterocycles. The Hall–Kier alpha value is -2.67. The molecule has 0 atom stereocenters. The van der Waals surface area contributed by atoms with Crippen molar-refractivity contribution in [3.05, 3.63) is 40.3 Å². The fraction of sp³-hybridized carbons (Fsp3) is 0.350. The van der Waals surface area contributed by atoms with Crippen LogP contribution in [0, 0.1) is 6.92 Å². The zero-order valence-electron chi connectivity index (χ0n) is 15.7. The van der Waals surface area contributed by atoms with Gasteiger partial charge in [0.25, 0.3) is 5.91 Å². The highest BCUT2D eigenvalue weighted by molar-refractivity contribution is 7.17. The molecule has 2 aromatic rings. The van der Waals surface area contributed by atoms with Crippen LogP contribution in [0.5, 0.6) is 0 Å². The number of nitrogens with one attached hydrogen (secondary N) is 1. The van der Waals surface area contributed by atoms with Crippen LogP contribution in [0.25, 0.3) is 11.1 Å². The van der Waals surface area contributed by atoms with E-state index in [-0.39, 0.29) is 25.2 Å². The molecule has 0 saturated heterocycles. The summed E-state index contributed by atoms with van der Waals surface area (Å²) in [6, 6.07) is 7.95. The second-order valence-electron chi connectivity index (χ2n) is 6.67. The summed E-state index contributed by atoms with van der Waals surface area (Å²) in [5.41, 5.74) is 8.68. The van der Waals surface area contributed by atoms with Crippen molar-refractivity contribution in [2.45, 2.75) is 46.0 Å². The van der Waals surface area contributed by atoms with Gasteiger partial charge in [-0.2, -0.15) is 0 Å². The molecule has 0 unspecified atom stereocenters. The first kappa shape index (κ1) is 20.6. The van der Waals surface area contributed by atoms with Crippen molar-refractivity contribution < 1.29 is 19.5 Å². The number of amides is 2. The zero-order chi connectivity index (χ0) is 20.1. The number of aryl methyl sites for hydroxylation is 1. The molecule has 7 heteroatoms. The van der Waals surface area contributed by atoms with Crippen LogP contribution in [-0.2, 0) is 9.59 Å². The van der Waals surface area contributed by atoms with Crippen LogP contribution in [-0.4, -0.2) is 22.9 Å². The maximum absolute atomic E-state index is 12.1. The summed E-state index contributed by atoms with van der Waals surface area (Å²) >= 11 is 1.29. The molecule has 0 saturated carbocycles. The first-order valence-electron chi connectivity index (χ1n) is 8.75. The van der Waals surface area contributed by atoms with Crippen molar-refractivity contribution in [1.82, 2.24) is 0 Å². The number of aliphatic carboxylic acids is 1. The van der Waals surface area contributed by atoms with Crippen LogP contribution in [0.1, 0.15) is 59.8 Å². The highest BCUT2D eigenvalue weighted by Crippen LogP contribution is 2.40. The maximum Gasteiger partial charge on any atom is 0.303 e. The molecule has 1 aromatic heterocycles. The average Bonchev–Trinajstić information content (AvgIpc) is 2.90. The molecule has 0 aliphatic heterocycles. The second kappa shape index (κ2) is 8.81. The molecule has 0 aliphatic rings. The SMILES string of the molecule is Cc1sc(NC(=O)CCCC(=O)O)c(C(N)=O)c1-c1ccc(C(C)C)cc1. The number of benzene rings is 1. The van der Waals surface area contributed by atoms with Crippen LogP contribution in [0.2, 0.25) is 0 Å². The van der Waals surface area contributed by atoms with Crippen LogP contribution in [0.15, 0.2) is 24.3 Å². The summed E-state index contributed by atoms with van der Waals surface area (Å²) < 4.78 is 0. The molecule has 0 radical (unpaired) electrons. The Kier molecular flexibility index (Phi) is 6.74. The lowest BCUT2D eigenvalue weighted by atomic mass is 9.96. The fourth-order valence-corrected chi connectivity index (χ4v) is 3.94. The molecule has 0 bridgehead atoms. The molecule has 1 aromatic carbocycles. The van der Waals surface area contributed by atoms with Crippen LogP contribution < -0.4 is 11.1 Å². The molecule has 144 valence electrons. The lowest BCUT2D eigenvalue weighted by molar-refractivity contribution is -0.137. The lowest BCUT2D eigenvalue weighted by Crippen LogP contribution is -2.17. The standard InChI is InChI=1S/C20H24N2O4S/c1-11(2)13-7-9-14(10-8-13)17-12(3)27-20(18(17)19(21)26)22-15(23)5-4-6-16(24)25/h7-11H,4-6H2,1-3H3,(H2,21,26)(H,22,23)(H,24,25). The Morgan fingerprint density at radius 2 is 1.78 bits per heavy atom. The number of carbonyl (C=O) groups excluding carboxylic acids is 2. The van der Waals surface area contributed by atoms with Crippen LogP contribution in [0.3, 0.4) is 0 Å². The normalized spacial score (nSPS) is 10.8. The molecule has 27 heavy (non-hydrogen) atoms. The van der Waals surface area contributed by atoms with Gasteiger partial charge in [-0.05, 0) is 30.4 Å². The van der Waals surface area contributed by atoms with Crippen LogP contribution in [0.4, 0.5) is 5.00 Å². The Morgan fingerprint density at radius 1 is 1.15 bits per heavy atom. The Labute approximate surface area is 162 Å². The molecular formula is C20H24N2O4S. The molecule has 6 nitrogen and oxygen atoms in total. The van der Waals surface area contributed by atoms with Gasteiger partial charge >= 0.3 is 5.97 Å². The molecule has 4 N–H and O–H groups in total. The summed E-state index contributed by atoms with van der Waals surface area (Å²) in [4.78, 5) is 35.6. The predicted octanol–water partition coefficient (Wildman–Crippen LogP) is 4.14.